The molecule has 0 saturated carbocycles. The maximum Gasteiger partial charge on any atom is 0.317 e. The Bertz CT molecular complexity index is 801. The Hall–Kier alpha value is -2.52. The van der Waals surface area contributed by atoms with Gasteiger partial charge in [-0.15, -0.1) is 0 Å². The van der Waals surface area contributed by atoms with Crippen LogP contribution in [0.25, 0.3) is 0 Å². The quantitative estimate of drug-likeness (QED) is 0.465. The van der Waals surface area contributed by atoms with E-state index in [9.17, 15) is 14.7 Å². The van der Waals surface area contributed by atoms with Gasteiger partial charge in [-0.1, -0.05) is 18.2 Å². The fraction of sp³-hybridized carbons (Fsp3) is 0.389. The van der Waals surface area contributed by atoms with E-state index in [1.807, 2.05) is 0 Å². The van der Waals surface area contributed by atoms with E-state index >= 15 is 0 Å². The zero-order chi connectivity index (χ0) is 20.8. The number of benzene rings is 1. The molecule has 1 aliphatic heterocycles. The monoisotopic (exact) mass is 427 g/mol. The fourth-order valence-corrected chi connectivity index (χ4v) is 3.29. The van der Waals surface area contributed by atoms with Crippen molar-refractivity contribution in [2.75, 3.05) is 19.8 Å². The van der Waals surface area contributed by atoms with Crippen molar-refractivity contribution < 1.29 is 28.9 Å². The van der Waals surface area contributed by atoms with E-state index < -0.39 is 30.5 Å². The number of rotatable bonds is 8. The SMILES string of the molecule is C=C1NC(=S)NC(c2cc(OCC)c(OCC(=O)[O-])cc2Cl)C1C(=O)OCC. The van der Waals surface area contributed by atoms with Crippen molar-refractivity contribution in [3.05, 3.63) is 35.0 Å². The number of carbonyl (C=O) groups excluding carboxylic acids is 2. The molecule has 1 aromatic carbocycles. The third kappa shape index (κ3) is 5.05. The van der Waals surface area contributed by atoms with Crippen molar-refractivity contribution >= 4 is 40.9 Å². The molecule has 152 valence electrons. The van der Waals surface area contributed by atoms with Crippen LogP contribution in [0.1, 0.15) is 25.5 Å². The number of hydrogen-bond donors (Lipinski definition) is 2. The molecular formula is C18H20ClN2O6S-. The smallest absolute Gasteiger partial charge is 0.317 e. The van der Waals surface area contributed by atoms with Crippen LogP contribution in [0.3, 0.4) is 0 Å². The van der Waals surface area contributed by atoms with Gasteiger partial charge in [0.1, 0.15) is 12.5 Å². The molecule has 2 rings (SSSR count). The highest BCUT2D eigenvalue weighted by Gasteiger charge is 2.39. The molecule has 2 unspecified atom stereocenters. The molecule has 0 aliphatic carbocycles. The molecular weight excluding hydrogens is 408 g/mol. The molecule has 1 aromatic rings. The van der Waals surface area contributed by atoms with E-state index in [1.54, 1.807) is 19.9 Å². The molecule has 1 fully saturated rings. The summed E-state index contributed by atoms with van der Waals surface area (Å²) in [7, 11) is 0. The number of carboxylic acid groups (broad SMARTS) is 1. The number of ether oxygens (including phenoxy) is 3. The van der Waals surface area contributed by atoms with Crippen LogP contribution in [0, 0.1) is 5.92 Å². The van der Waals surface area contributed by atoms with E-state index in [0.29, 0.717) is 17.9 Å². The van der Waals surface area contributed by atoms with Gasteiger partial charge in [-0.05, 0) is 37.7 Å². The van der Waals surface area contributed by atoms with Gasteiger partial charge >= 0.3 is 5.97 Å². The van der Waals surface area contributed by atoms with Crippen molar-refractivity contribution in [1.82, 2.24) is 10.6 Å². The van der Waals surface area contributed by atoms with Gasteiger partial charge in [0.2, 0.25) is 0 Å². The lowest BCUT2D eigenvalue weighted by atomic mass is 9.89. The normalized spacial score (nSPS) is 18.7. The average Bonchev–Trinajstić information content (AvgIpc) is 2.61. The van der Waals surface area contributed by atoms with Gasteiger partial charge in [0.25, 0.3) is 0 Å². The van der Waals surface area contributed by atoms with Crippen LogP contribution in [-0.2, 0) is 14.3 Å². The summed E-state index contributed by atoms with van der Waals surface area (Å²) < 4.78 is 15.9. The topological polar surface area (TPSA) is 109 Å². The predicted molar refractivity (Wildman–Crippen MR) is 104 cm³/mol. The van der Waals surface area contributed by atoms with E-state index in [-0.39, 0.29) is 28.2 Å². The number of esters is 1. The van der Waals surface area contributed by atoms with E-state index in [2.05, 4.69) is 17.2 Å². The largest absolute Gasteiger partial charge is 0.546 e. The van der Waals surface area contributed by atoms with Crippen LogP contribution < -0.4 is 25.2 Å². The maximum atomic E-state index is 12.5. The van der Waals surface area contributed by atoms with Crippen LogP contribution in [0.15, 0.2) is 24.4 Å². The summed E-state index contributed by atoms with van der Waals surface area (Å²) in [5, 5.41) is 17.0. The summed E-state index contributed by atoms with van der Waals surface area (Å²) in [6, 6.07) is 2.33. The number of hydrogen-bond acceptors (Lipinski definition) is 7. The van der Waals surface area contributed by atoms with Gasteiger partial charge < -0.3 is 34.7 Å². The zero-order valence-corrected chi connectivity index (χ0v) is 16.9. The standard InChI is InChI=1S/C18H21ClN2O6S/c1-4-25-12-6-10(11(19)7-13(12)27-8-14(22)23)16-15(17(24)26-5-2)9(3)20-18(28)21-16/h6-7,15-16H,3-5,8H2,1-2H3,(H,22,23)(H2,20,21,28)/p-1. The molecule has 1 heterocycles. The number of nitrogens with one attached hydrogen (secondary N) is 2. The predicted octanol–water partition coefficient (Wildman–Crippen LogP) is 1.08. The first-order valence-electron chi connectivity index (χ1n) is 8.50. The summed E-state index contributed by atoms with van der Waals surface area (Å²) in [6.07, 6.45) is 0. The van der Waals surface area contributed by atoms with E-state index in [1.165, 1.54) is 6.07 Å². The van der Waals surface area contributed by atoms with Crippen LogP contribution >= 0.6 is 23.8 Å². The fourth-order valence-electron chi connectivity index (χ4n) is 2.76. The average molecular weight is 428 g/mol. The molecule has 0 amide bonds. The third-order valence-corrected chi connectivity index (χ3v) is 4.40. The Morgan fingerprint density at radius 1 is 1.25 bits per heavy atom. The number of halogens is 1. The van der Waals surface area contributed by atoms with Crippen molar-refractivity contribution in [3.63, 3.8) is 0 Å². The summed E-state index contributed by atoms with van der Waals surface area (Å²) in [5.74, 6) is -2.27. The van der Waals surface area contributed by atoms with Gasteiger partial charge in [0.05, 0.1) is 25.2 Å². The Morgan fingerprint density at radius 3 is 2.54 bits per heavy atom. The van der Waals surface area contributed by atoms with Gasteiger partial charge in [-0.2, -0.15) is 0 Å². The first-order chi connectivity index (χ1) is 13.3. The number of carboxylic acids is 1. The highest BCUT2D eigenvalue weighted by atomic mass is 35.5. The number of carbonyl (C=O) groups is 2. The first kappa shape index (κ1) is 21.8. The van der Waals surface area contributed by atoms with E-state index in [4.69, 9.17) is 38.0 Å². The molecule has 0 spiro atoms. The van der Waals surface area contributed by atoms with Gasteiger partial charge in [0, 0.05) is 16.8 Å². The highest BCUT2D eigenvalue weighted by molar-refractivity contribution is 7.80. The van der Waals surface area contributed by atoms with Gasteiger partial charge in [0.15, 0.2) is 16.6 Å². The van der Waals surface area contributed by atoms with Crippen molar-refractivity contribution in [3.8, 4) is 11.5 Å². The second kappa shape index (κ2) is 9.61. The minimum Gasteiger partial charge on any atom is -0.546 e. The molecule has 28 heavy (non-hydrogen) atoms. The first-order valence-corrected chi connectivity index (χ1v) is 9.28. The summed E-state index contributed by atoms with van der Waals surface area (Å²) >= 11 is 11.6. The summed E-state index contributed by atoms with van der Waals surface area (Å²) in [6.45, 7) is 7.18. The molecule has 0 radical (unpaired) electrons. The highest BCUT2D eigenvalue weighted by Crippen LogP contribution is 2.40. The molecule has 2 N–H and O–H groups in total. The molecule has 0 aromatic heterocycles. The van der Waals surface area contributed by atoms with Crippen molar-refractivity contribution in [1.29, 1.82) is 0 Å². The summed E-state index contributed by atoms with van der Waals surface area (Å²) in [4.78, 5) is 23.2. The lowest BCUT2D eigenvalue weighted by Crippen LogP contribution is -2.51. The van der Waals surface area contributed by atoms with Crippen LogP contribution in [0.5, 0.6) is 11.5 Å². The molecule has 0 bridgehead atoms. The van der Waals surface area contributed by atoms with Crippen molar-refractivity contribution in [2.45, 2.75) is 19.9 Å². The van der Waals surface area contributed by atoms with E-state index in [0.717, 1.165) is 0 Å². The minimum absolute atomic E-state index is 0.142. The molecule has 10 heteroatoms. The van der Waals surface area contributed by atoms with Gasteiger partial charge in [-0.25, -0.2) is 0 Å². The Morgan fingerprint density at radius 2 is 1.93 bits per heavy atom. The minimum atomic E-state index is -1.38. The maximum absolute atomic E-state index is 12.5. The van der Waals surface area contributed by atoms with Crippen LogP contribution in [0.2, 0.25) is 5.02 Å². The van der Waals surface area contributed by atoms with Gasteiger partial charge in [-0.3, -0.25) is 4.79 Å². The second-order valence-electron chi connectivity index (χ2n) is 5.75. The summed E-state index contributed by atoms with van der Waals surface area (Å²) in [5.41, 5.74) is 0.868. The Kier molecular flexibility index (Phi) is 7.47. The molecule has 8 nitrogen and oxygen atoms in total. The second-order valence-corrected chi connectivity index (χ2v) is 6.56. The molecule has 1 saturated heterocycles. The Labute approximate surface area is 172 Å². The molecule has 2 atom stereocenters. The number of aliphatic carboxylic acids is 1. The van der Waals surface area contributed by atoms with Crippen molar-refractivity contribution in [2.24, 2.45) is 5.92 Å². The van der Waals surface area contributed by atoms with Crippen LogP contribution in [0.4, 0.5) is 0 Å². The number of thiocarbonyl (C=S) groups is 1. The lowest BCUT2D eigenvalue weighted by molar-refractivity contribution is -0.307. The third-order valence-electron chi connectivity index (χ3n) is 3.85. The van der Waals surface area contributed by atoms with Crippen LogP contribution in [-0.4, -0.2) is 36.9 Å². The molecule has 1 aliphatic rings. The lowest BCUT2D eigenvalue weighted by Gasteiger charge is -2.35. The zero-order valence-electron chi connectivity index (χ0n) is 15.4. The Balaban J connectivity index is 2.48.